The number of hydrogen-bond donors (Lipinski definition) is 0. The number of aryl methyl sites for hydroxylation is 1. The van der Waals surface area contributed by atoms with Crippen molar-refractivity contribution < 1.29 is 14.4 Å². The van der Waals surface area contributed by atoms with Crippen molar-refractivity contribution in [2.24, 2.45) is 0 Å². The van der Waals surface area contributed by atoms with Crippen LogP contribution in [0.25, 0.3) is 0 Å². The average molecular weight is 218 g/mol. The molecule has 0 atom stereocenters. The fourth-order valence-electron chi connectivity index (χ4n) is 1.27. The Morgan fingerprint density at radius 1 is 1.00 bits per heavy atom. The lowest BCUT2D eigenvalue weighted by Gasteiger charge is -2.00. The maximum Gasteiger partial charge on any atom is 0.228 e. The quantitative estimate of drug-likeness (QED) is 0.562. The van der Waals surface area contributed by atoms with Gasteiger partial charge in [-0.1, -0.05) is 29.8 Å². The number of Topliss-reactive ketones (excluding diaryl/α,β-unsaturated/α-hetero) is 3. The molecule has 0 saturated heterocycles. The monoisotopic (exact) mass is 218 g/mol. The summed E-state index contributed by atoms with van der Waals surface area (Å²) in [5, 5.41) is 0. The molecule has 0 spiro atoms. The van der Waals surface area contributed by atoms with Gasteiger partial charge in [0, 0.05) is 18.4 Å². The molecule has 0 N–H and O–H groups in total. The van der Waals surface area contributed by atoms with E-state index < -0.39 is 11.6 Å². The van der Waals surface area contributed by atoms with Crippen molar-refractivity contribution in [1.82, 2.24) is 0 Å². The van der Waals surface area contributed by atoms with Gasteiger partial charge in [-0.3, -0.25) is 9.59 Å². The minimum atomic E-state index is -0.513. The minimum Gasteiger partial charge on any atom is -0.300 e. The molecule has 0 aliphatic heterocycles. The van der Waals surface area contributed by atoms with Gasteiger partial charge < -0.3 is 4.79 Å². The lowest BCUT2D eigenvalue weighted by atomic mass is 10.0. The molecule has 3 nitrogen and oxygen atoms in total. The number of carbonyl (C=O) groups excluding carboxylic acids is 3. The topological polar surface area (TPSA) is 51.2 Å². The van der Waals surface area contributed by atoms with E-state index in [4.69, 9.17) is 0 Å². The fraction of sp³-hybridized carbons (Fsp3) is 0.308. The SMILES string of the molecule is CC(=O)CCC(=O)C(=O)c1ccc(C)cc1. The number of ketones is 3. The molecular formula is C13H14O3. The largest absolute Gasteiger partial charge is 0.300 e. The van der Waals surface area contributed by atoms with Gasteiger partial charge >= 0.3 is 0 Å². The van der Waals surface area contributed by atoms with E-state index in [0.717, 1.165) is 5.56 Å². The Morgan fingerprint density at radius 2 is 1.56 bits per heavy atom. The molecule has 3 heteroatoms. The molecule has 1 aromatic carbocycles. The molecule has 0 bridgehead atoms. The van der Waals surface area contributed by atoms with Crippen LogP contribution in [0.3, 0.4) is 0 Å². The van der Waals surface area contributed by atoms with E-state index in [1.165, 1.54) is 6.92 Å². The molecule has 1 rings (SSSR count). The van der Waals surface area contributed by atoms with Gasteiger partial charge in [-0.15, -0.1) is 0 Å². The van der Waals surface area contributed by atoms with E-state index in [9.17, 15) is 14.4 Å². The summed E-state index contributed by atoms with van der Waals surface area (Å²) in [7, 11) is 0. The van der Waals surface area contributed by atoms with Crippen molar-refractivity contribution >= 4 is 17.3 Å². The fourth-order valence-corrected chi connectivity index (χ4v) is 1.27. The first-order valence-electron chi connectivity index (χ1n) is 5.14. The summed E-state index contributed by atoms with van der Waals surface area (Å²) in [6.45, 7) is 3.31. The van der Waals surface area contributed by atoms with Crippen molar-refractivity contribution in [2.75, 3.05) is 0 Å². The number of carbonyl (C=O) groups is 3. The van der Waals surface area contributed by atoms with Gasteiger partial charge in [-0.25, -0.2) is 0 Å². The summed E-state index contributed by atoms with van der Waals surface area (Å²) >= 11 is 0. The molecule has 0 aliphatic rings. The molecule has 0 aromatic heterocycles. The zero-order valence-electron chi connectivity index (χ0n) is 9.45. The van der Waals surface area contributed by atoms with Crippen LogP contribution in [-0.2, 0) is 9.59 Å². The van der Waals surface area contributed by atoms with E-state index in [2.05, 4.69) is 0 Å². The van der Waals surface area contributed by atoms with Crippen LogP contribution in [0.2, 0.25) is 0 Å². The third kappa shape index (κ3) is 3.42. The van der Waals surface area contributed by atoms with Crippen molar-refractivity contribution in [3.05, 3.63) is 35.4 Å². The zero-order valence-corrected chi connectivity index (χ0v) is 9.45. The predicted octanol–water partition coefficient (Wildman–Crippen LogP) is 2.12. The smallest absolute Gasteiger partial charge is 0.228 e. The van der Waals surface area contributed by atoms with Crippen molar-refractivity contribution in [3.8, 4) is 0 Å². The molecule has 0 heterocycles. The third-order valence-corrected chi connectivity index (χ3v) is 2.27. The average Bonchev–Trinajstić information content (AvgIpc) is 2.26. The first-order chi connectivity index (χ1) is 7.50. The Bertz CT molecular complexity index is 415. The molecule has 84 valence electrons. The number of rotatable bonds is 5. The van der Waals surface area contributed by atoms with E-state index in [1.54, 1.807) is 24.3 Å². The van der Waals surface area contributed by atoms with Gasteiger partial charge in [0.25, 0.3) is 0 Å². The summed E-state index contributed by atoms with van der Waals surface area (Å²) in [4.78, 5) is 33.7. The predicted molar refractivity (Wildman–Crippen MR) is 60.4 cm³/mol. The van der Waals surface area contributed by atoms with Gasteiger partial charge in [-0.05, 0) is 13.8 Å². The van der Waals surface area contributed by atoms with E-state index in [0.29, 0.717) is 5.56 Å². The van der Waals surface area contributed by atoms with Crippen LogP contribution in [-0.4, -0.2) is 17.3 Å². The van der Waals surface area contributed by atoms with Crippen LogP contribution < -0.4 is 0 Å². The lowest BCUT2D eigenvalue weighted by Crippen LogP contribution is -2.14. The second-order valence-electron chi connectivity index (χ2n) is 3.82. The van der Waals surface area contributed by atoms with Crippen LogP contribution in [0.1, 0.15) is 35.7 Å². The van der Waals surface area contributed by atoms with Crippen LogP contribution in [0, 0.1) is 6.92 Å². The molecular weight excluding hydrogens is 204 g/mol. The molecule has 0 radical (unpaired) electrons. The lowest BCUT2D eigenvalue weighted by molar-refractivity contribution is -0.121. The molecule has 0 saturated carbocycles. The molecule has 0 aliphatic carbocycles. The zero-order chi connectivity index (χ0) is 12.1. The number of benzene rings is 1. The van der Waals surface area contributed by atoms with E-state index in [1.807, 2.05) is 6.92 Å². The van der Waals surface area contributed by atoms with Gasteiger partial charge in [-0.2, -0.15) is 0 Å². The second-order valence-corrected chi connectivity index (χ2v) is 3.82. The summed E-state index contributed by atoms with van der Waals surface area (Å²) in [6.07, 6.45) is 0.137. The molecule has 0 amide bonds. The van der Waals surface area contributed by atoms with E-state index in [-0.39, 0.29) is 18.6 Å². The molecule has 0 fully saturated rings. The Kier molecular flexibility index (Phi) is 4.11. The van der Waals surface area contributed by atoms with Gasteiger partial charge in [0.2, 0.25) is 11.6 Å². The van der Waals surface area contributed by atoms with Crippen LogP contribution in [0.5, 0.6) is 0 Å². The Hall–Kier alpha value is -1.77. The normalized spacial score (nSPS) is 9.88. The first-order valence-corrected chi connectivity index (χ1v) is 5.14. The Balaban J connectivity index is 2.67. The Labute approximate surface area is 94.5 Å². The maximum atomic E-state index is 11.6. The second kappa shape index (κ2) is 5.35. The van der Waals surface area contributed by atoms with Gasteiger partial charge in [0.05, 0.1) is 0 Å². The highest BCUT2D eigenvalue weighted by molar-refractivity contribution is 6.43. The molecule has 16 heavy (non-hydrogen) atoms. The van der Waals surface area contributed by atoms with Crippen molar-refractivity contribution in [1.29, 1.82) is 0 Å². The van der Waals surface area contributed by atoms with Crippen molar-refractivity contribution in [3.63, 3.8) is 0 Å². The Morgan fingerprint density at radius 3 is 2.06 bits per heavy atom. The summed E-state index contributed by atoms with van der Waals surface area (Å²) in [6, 6.07) is 6.82. The summed E-state index contributed by atoms with van der Waals surface area (Å²) < 4.78 is 0. The van der Waals surface area contributed by atoms with Crippen molar-refractivity contribution in [2.45, 2.75) is 26.7 Å². The first kappa shape index (κ1) is 12.3. The maximum absolute atomic E-state index is 11.6. The number of hydrogen-bond acceptors (Lipinski definition) is 3. The van der Waals surface area contributed by atoms with E-state index >= 15 is 0 Å². The van der Waals surface area contributed by atoms with Gasteiger partial charge in [0.1, 0.15) is 5.78 Å². The molecule has 1 aromatic rings. The summed E-state index contributed by atoms with van der Waals surface area (Å²) in [5.74, 6) is -1.09. The highest BCUT2D eigenvalue weighted by Crippen LogP contribution is 2.06. The van der Waals surface area contributed by atoms with Crippen LogP contribution in [0.15, 0.2) is 24.3 Å². The van der Waals surface area contributed by atoms with Crippen LogP contribution in [0.4, 0.5) is 0 Å². The third-order valence-electron chi connectivity index (χ3n) is 2.27. The van der Waals surface area contributed by atoms with Crippen LogP contribution >= 0.6 is 0 Å². The minimum absolute atomic E-state index is 0.00203. The highest BCUT2D eigenvalue weighted by Gasteiger charge is 2.15. The summed E-state index contributed by atoms with van der Waals surface area (Å²) in [5.41, 5.74) is 1.42. The van der Waals surface area contributed by atoms with Gasteiger partial charge in [0.15, 0.2) is 0 Å². The highest BCUT2D eigenvalue weighted by atomic mass is 16.2. The standard InChI is InChI=1S/C13H14O3/c1-9-3-6-11(7-4-9)13(16)12(15)8-5-10(2)14/h3-4,6-7H,5,8H2,1-2H3. The molecule has 0 unspecified atom stereocenters.